The normalized spacial score (nSPS) is 22.9. The lowest BCUT2D eigenvalue weighted by Crippen LogP contribution is -2.33. The first-order valence-electron chi connectivity index (χ1n) is 7.45. The van der Waals surface area contributed by atoms with Crippen molar-refractivity contribution in [1.29, 1.82) is 0 Å². The van der Waals surface area contributed by atoms with Crippen LogP contribution < -0.4 is 11.2 Å². The van der Waals surface area contributed by atoms with E-state index in [1.54, 1.807) is 0 Å². The van der Waals surface area contributed by atoms with Gasteiger partial charge in [-0.25, -0.2) is 4.79 Å². The summed E-state index contributed by atoms with van der Waals surface area (Å²) in [7, 11) is 0. The lowest BCUT2D eigenvalue weighted by atomic mass is 10.1. The molecule has 0 radical (unpaired) electrons. The Morgan fingerprint density at radius 1 is 1.40 bits per heavy atom. The minimum Gasteiger partial charge on any atom is -0.394 e. The zero-order valence-electron chi connectivity index (χ0n) is 12.9. The number of hydrogen-bond donors (Lipinski definition) is 3. The highest BCUT2D eigenvalue weighted by Gasteiger charge is 2.35. The number of aliphatic hydroxyl groups excluding tert-OH is 2. The first-order chi connectivity index (χ1) is 11.9. The van der Waals surface area contributed by atoms with Gasteiger partial charge in [-0.1, -0.05) is 12.1 Å². The van der Waals surface area contributed by atoms with E-state index in [1.165, 1.54) is 30.5 Å². The van der Waals surface area contributed by atoms with Crippen LogP contribution in [0.4, 0.5) is 5.69 Å². The number of hydrogen-bond acceptors (Lipinski definition) is 7. The molecule has 0 saturated carbocycles. The minimum atomic E-state index is -0.949. The molecule has 1 aromatic heterocycles. The first kappa shape index (κ1) is 17.0. The van der Waals surface area contributed by atoms with E-state index < -0.39 is 41.2 Å². The molecule has 10 nitrogen and oxygen atoms in total. The number of aromatic nitrogens is 2. The van der Waals surface area contributed by atoms with Crippen LogP contribution in [0.25, 0.3) is 11.1 Å². The van der Waals surface area contributed by atoms with E-state index in [0.29, 0.717) is 0 Å². The molecule has 0 amide bonds. The van der Waals surface area contributed by atoms with Crippen molar-refractivity contribution in [3.05, 3.63) is 61.4 Å². The summed E-state index contributed by atoms with van der Waals surface area (Å²) in [4.78, 5) is 36.6. The molecule has 1 aliphatic rings. The summed E-state index contributed by atoms with van der Waals surface area (Å²) >= 11 is 0. The van der Waals surface area contributed by atoms with E-state index in [-0.39, 0.29) is 23.2 Å². The van der Waals surface area contributed by atoms with Gasteiger partial charge in [-0.2, -0.15) is 0 Å². The average molecular weight is 349 g/mol. The van der Waals surface area contributed by atoms with E-state index in [2.05, 4.69) is 4.98 Å². The van der Waals surface area contributed by atoms with Gasteiger partial charge in [0.25, 0.3) is 11.2 Å². The second-order valence-corrected chi connectivity index (χ2v) is 5.63. The number of nitrogens with one attached hydrogen (secondary N) is 1. The molecule has 0 aliphatic carbocycles. The van der Waals surface area contributed by atoms with Gasteiger partial charge in [0, 0.05) is 24.8 Å². The first-order valence-corrected chi connectivity index (χ1v) is 7.45. The van der Waals surface area contributed by atoms with Crippen LogP contribution in [0.15, 0.2) is 40.1 Å². The van der Waals surface area contributed by atoms with Crippen LogP contribution in [0, 0.1) is 10.1 Å². The van der Waals surface area contributed by atoms with E-state index >= 15 is 0 Å². The summed E-state index contributed by atoms with van der Waals surface area (Å²) in [6, 6.07) is 5.45. The maximum Gasteiger partial charge on any atom is 0.330 e. The van der Waals surface area contributed by atoms with Gasteiger partial charge in [0.05, 0.1) is 23.2 Å². The van der Waals surface area contributed by atoms with Gasteiger partial charge >= 0.3 is 5.69 Å². The zero-order valence-corrected chi connectivity index (χ0v) is 12.9. The third kappa shape index (κ3) is 3.22. The number of aromatic amines is 1. The molecular formula is C15H15N3O7. The van der Waals surface area contributed by atoms with E-state index in [4.69, 9.17) is 9.84 Å². The lowest BCUT2D eigenvalue weighted by Gasteiger charge is -2.15. The van der Waals surface area contributed by atoms with Crippen molar-refractivity contribution >= 4 is 5.69 Å². The van der Waals surface area contributed by atoms with Crippen LogP contribution in [-0.2, 0) is 4.74 Å². The molecule has 1 aliphatic heterocycles. The number of non-ortho nitro benzene ring substituents is 1. The van der Waals surface area contributed by atoms with Crippen LogP contribution in [0.5, 0.6) is 0 Å². The second kappa shape index (κ2) is 6.59. The Morgan fingerprint density at radius 3 is 2.80 bits per heavy atom. The highest BCUT2D eigenvalue weighted by Crippen LogP contribution is 2.28. The quantitative estimate of drug-likeness (QED) is 0.509. The topological polar surface area (TPSA) is 148 Å². The molecule has 1 saturated heterocycles. The molecule has 10 heteroatoms. The number of benzene rings is 1. The molecule has 1 aromatic carbocycles. The Hall–Kier alpha value is -2.82. The lowest BCUT2D eigenvalue weighted by molar-refractivity contribution is -0.384. The SMILES string of the molecule is O=c1[nH]c(=O)n([C@H]2C[C@H](O)[C@@H](CO)O2)cc1-c1cccc([N+](=O)[O-])c1. The maximum absolute atomic E-state index is 12.1. The molecule has 3 rings (SSSR count). The van der Waals surface area contributed by atoms with Crippen molar-refractivity contribution in [3.63, 3.8) is 0 Å². The predicted molar refractivity (Wildman–Crippen MR) is 85.0 cm³/mol. The molecule has 2 aromatic rings. The van der Waals surface area contributed by atoms with Crippen LogP contribution in [0.1, 0.15) is 12.6 Å². The number of nitro benzene ring substituents is 1. The van der Waals surface area contributed by atoms with E-state index in [1.807, 2.05) is 0 Å². The van der Waals surface area contributed by atoms with Gasteiger partial charge in [-0.15, -0.1) is 0 Å². The monoisotopic (exact) mass is 349 g/mol. The van der Waals surface area contributed by atoms with Crippen LogP contribution in [-0.4, -0.2) is 43.5 Å². The summed E-state index contributed by atoms with van der Waals surface area (Å²) in [5, 5.41) is 29.8. The third-order valence-electron chi connectivity index (χ3n) is 4.03. The summed E-state index contributed by atoms with van der Waals surface area (Å²) in [6.07, 6.45) is -1.35. The molecule has 0 unspecified atom stereocenters. The van der Waals surface area contributed by atoms with E-state index in [0.717, 1.165) is 4.57 Å². The Bertz CT molecular complexity index is 920. The Kier molecular flexibility index (Phi) is 4.49. The van der Waals surface area contributed by atoms with Crippen molar-refractivity contribution < 1.29 is 19.9 Å². The molecule has 3 atom stereocenters. The average Bonchev–Trinajstić information content (AvgIpc) is 2.95. The fourth-order valence-electron chi connectivity index (χ4n) is 2.74. The van der Waals surface area contributed by atoms with Crippen molar-refractivity contribution in [2.24, 2.45) is 0 Å². The van der Waals surface area contributed by atoms with Gasteiger partial charge in [-0.05, 0) is 5.56 Å². The minimum absolute atomic E-state index is 0.0499. The molecule has 132 valence electrons. The van der Waals surface area contributed by atoms with Gasteiger partial charge in [0.1, 0.15) is 12.3 Å². The molecule has 25 heavy (non-hydrogen) atoms. The molecule has 3 N–H and O–H groups in total. The van der Waals surface area contributed by atoms with Crippen molar-refractivity contribution in [1.82, 2.24) is 9.55 Å². The molecular weight excluding hydrogens is 334 g/mol. The zero-order chi connectivity index (χ0) is 18.1. The largest absolute Gasteiger partial charge is 0.394 e. The van der Waals surface area contributed by atoms with Crippen LogP contribution in [0.3, 0.4) is 0 Å². The number of aliphatic hydroxyl groups is 2. The highest BCUT2D eigenvalue weighted by molar-refractivity contribution is 5.64. The standard InChI is InChI=1S/C15H15N3O7/c19-7-12-11(20)5-13(25-12)17-6-10(14(21)16-15(17)22)8-2-1-3-9(4-8)18(23)24/h1-4,6,11-13,19-20H,5,7H2,(H,16,21,22)/t11-,12+,13+/m0/s1. The van der Waals surface area contributed by atoms with Crippen LogP contribution in [0.2, 0.25) is 0 Å². The molecule has 0 spiro atoms. The molecule has 2 heterocycles. The fourth-order valence-corrected chi connectivity index (χ4v) is 2.74. The van der Waals surface area contributed by atoms with Gasteiger partial charge < -0.3 is 14.9 Å². The van der Waals surface area contributed by atoms with E-state index in [9.17, 15) is 24.8 Å². The maximum atomic E-state index is 12.1. The van der Waals surface area contributed by atoms with Gasteiger partial charge in [-0.3, -0.25) is 24.5 Å². The van der Waals surface area contributed by atoms with Gasteiger partial charge in [0.15, 0.2) is 0 Å². The summed E-state index contributed by atoms with van der Waals surface area (Å²) < 4.78 is 6.51. The highest BCUT2D eigenvalue weighted by atomic mass is 16.6. The number of nitrogens with zero attached hydrogens (tertiary/aromatic N) is 2. The molecule has 0 bridgehead atoms. The Balaban J connectivity index is 2.05. The fraction of sp³-hybridized carbons (Fsp3) is 0.333. The summed E-state index contributed by atoms with van der Waals surface area (Å²) in [6.45, 7) is -0.409. The summed E-state index contributed by atoms with van der Waals surface area (Å²) in [5.41, 5.74) is -1.31. The summed E-state index contributed by atoms with van der Waals surface area (Å²) in [5.74, 6) is 0. The van der Waals surface area contributed by atoms with Crippen molar-refractivity contribution in [2.75, 3.05) is 6.61 Å². The Morgan fingerprint density at radius 2 is 2.16 bits per heavy atom. The van der Waals surface area contributed by atoms with Gasteiger partial charge in [0.2, 0.25) is 0 Å². The smallest absolute Gasteiger partial charge is 0.330 e. The number of ether oxygens (including phenoxy) is 1. The van der Waals surface area contributed by atoms with Crippen LogP contribution >= 0.6 is 0 Å². The van der Waals surface area contributed by atoms with Crippen molar-refractivity contribution in [2.45, 2.75) is 24.9 Å². The predicted octanol–water partition coefficient (Wildman–Crippen LogP) is -0.247. The number of rotatable bonds is 4. The van der Waals surface area contributed by atoms with Crippen molar-refractivity contribution in [3.8, 4) is 11.1 Å². The number of nitro groups is 1. The second-order valence-electron chi connectivity index (χ2n) is 5.63. The number of H-pyrrole nitrogens is 1. The Labute approximate surface area is 140 Å². The third-order valence-corrected chi connectivity index (χ3v) is 4.03. The molecule has 1 fully saturated rings.